The molecule has 1 aromatic rings. The maximum Gasteiger partial charge on any atom is 0.525 e. The minimum atomic E-state index is -0.861. The Balaban J connectivity index is 1.69. The van der Waals surface area contributed by atoms with Crippen LogP contribution in [-0.4, -0.2) is 28.1 Å². The standard InChI is InChI=1S/C15H22BFN2O2/c1-14(2)15(3,4)21-16(20-14)13(17)11-6-10(7-11)12-8-18-19(5)9-12/h8-10H,6-7H2,1-5H3. The lowest BCUT2D eigenvalue weighted by molar-refractivity contribution is 0.00578. The highest BCUT2D eigenvalue weighted by molar-refractivity contribution is 6.53. The third kappa shape index (κ3) is 2.44. The Bertz CT molecular complexity index is 570. The Kier molecular flexibility index (Phi) is 3.30. The molecule has 0 spiro atoms. The zero-order valence-corrected chi connectivity index (χ0v) is 13.3. The summed E-state index contributed by atoms with van der Waals surface area (Å²) in [4.78, 5) is 0. The second-order valence-electron chi connectivity index (χ2n) is 7.09. The Labute approximate surface area is 125 Å². The lowest BCUT2D eigenvalue weighted by Crippen LogP contribution is -2.41. The van der Waals surface area contributed by atoms with Crippen molar-refractivity contribution >= 4 is 7.12 Å². The molecule has 0 atom stereocenters. The molecule has 1 aromatic heterocycles. The first-order valence-corrected chi connectivity index (χ1v) is 7.41. The van der Waals surface area contributed by atoms with Crippen molar-refractivity contribution in [3.8, 4) is 0 Å². The van der Waals surface area contributed by atoms with Crippen molar-refractivity contribution in [2.24, 2.45) is 7.05 Å². The largest absolute Gasteiger partial charge is 0.525 e. The van der Waals surface area contributed by atoms with Crippen LogP contribution in [0.2, 0.25) is 0 Å². The van der Waals surface area contributed by atoms with Gasteiger partial charge in [0.25, 0.3) is 0 Å². The summed E-state index contributed by atoms with van der Waals surface area (Å²) >= 11 is 0. The van der Waals surface area contributed by atoms with Crippen molar-refractivity contribution in [3.05, 3.63) is 29.3 Å². The van der Waals surface area contributed by atoms with Gasteiger partial charge in [0.2, 0.25) is 0 Å². The van der Waals surface area contributed by atoms with E-state index < -0.39 is 18.3 Å². The molecule has 0 unspecified atom stereocenters. The van der Waals surface area contributed by atoms with E-state index in [1.165, 1.54) is 5.56 Å². The predicted molar refractivity (Wildman–Crippen MR) is 79.4 cm³/mol. The number of nitrogens with zero attached hydrogens (tertiary/aromatic N) is 2. The van der Waals surface area contributed by atoms with Gasteiger partial charge in [-0.1, -0.05) is 0 Å². The van der Waals surface area contributed by atoms with E-state index in [1.807, 2.05) is 47.1 Å². The Morgan fingerprint density at radius 1 is 1.29 bits per heavy atom. The van der Waals surface area contributed by atoms with Crippen molar-refractivity contribution in [1.29, 1.82) is 0 Å². The molecule has 1 aliphatic heterocycles. The van der Waals surface area contributed by atoms with Crippen LogP contribution in [0.15, 0.2) is 23.7 Å². The number of aromatic nitrogens is 2. The Morgan fingerprint density at radius 2 is 1.86 bits per heavy atom. The second kappa shape index (κ2) is 4.68. The van der Waals surface area contributed by atoms with Crippen LogP contribution in [0.1, 0.15) is 52.0 Å². The highest BCUT2D eigenvalue weighted by Gasteiger charge is 2.54. The Hall–Kier alpha value is -1.14. The molecule has 0 radical (unpaired) electrons. The van der Waals surface area contributed by atoms with Crippen molar-refractivity contribution in [2.45, 2.75) is 57.7 Å². The predicted octanol–water partition coefficient (Wildman–Crippen LogP) is 3.15. The summed E-state index contributed by atoms with van der Waals surface area (Å²) in [5.74, 6) is 0.363. The van der Waals surface area contributed by atoms with Crippen molar-refractivity contribution in [1.82, 2.24) is 9.78 Å². The quantitative estimate of drug-likeness (QED) is 0.786. The minimum absolute atomic E-state index is 0.242. The molecule has 2 aliphatic rings. The van der Waals surface area contributed by atoms with E-state index in [1.54, 1.807) is 4.68 Å². The molecule has 0 bridgehead atoms. The monoisotopic (exact) mass is 292 g/mol. The molecule has 21 heavy (non-hydrogen) atoms. The van der Waals surface area contributed by atoms with Gasteiger partial charge >= 0.3 is 7.12 Å². The molecule has 0 amide bonds. The molecule has 2 heterocycles. The number of allylic oxidation sites excluding steroid dienone is 1. The normalized spacial score (nSPS) is 26.9. The molecule has 1 saturated carbocycles. The summed E-state index contributed by atoms with van der Waals surface area (Å²) in [5.41, 5.74) is 0.739. The molecule has 1 aliphatic carbocycles. The van der Waals surface area contributed by atoms with E-state index in [-0.39, 0.29) is 5.73 Å². The first-order valence-electron chi connectivity index (χ1n) is 7.41. The van der Waals surface area contributed by atoms with Crippen LogP contribution in [0.25, 0.3) is 0 Å². The minimum Gasteiger partial charge on any atom is -0.398 e. The number of aryl methyl sites for hydroxylation is 1. The summed E-state index contributed by atoms with van der Waals surface area (Å²) in [6.45, 7) is 7.74. The van der Waals surface area contributed by atoms with Crippen molar-refractivity contribution in [2.75, 3.05) is 0 Å². The molecule has 0 aromatic carbocycles. The molecule has 2 fully saturated rings. The molecular weight excluding hydrogens is 270 g/mol. The maximum absolute atomic E-state index is 14.5. The molecule has 0 N–H and O–H groups in total. The SMILES string of the molecule is Cn1cc(C2CC(=C(F)B3OC(C)(C)C(C)(C)O3)C2)cn1. The molecule has 3 rings (SSSR count). The summed E-state index contributed by atoms with van der Waals surface area (Å²) in [6.07, 6.45) is 5.30. The van der Waals surface area contributed by atoms with E-state index in [2.05, 4.69) is 5.10 Å². The molecule has 6 heteroatoms. The first-order chi connectivity index (χ1) is 9.69. The van der Waals surface area contributed by atoms with Crippen molar-refractivity contribution in [3.63, 3.8) is 0 Å². The third-order valence-electron chi connectivity index (χ3n) is 4.98. The summed E-state index contributed by atoms with van der Waals surface area (Å²) in [5, 5.41) is 4.16. The highest BCUT2D eigenvalue weighted by Crippen LogP contribution is 2.46. The van der Waals surface area contributed by atoms with Crippen LogP contribution >= 0.6 is 0 Å². The molecule has 4 nitrogen and oxygen atoms in total. The number of hydrogen-bond donors (Lipinski definition) is 0. The fraction of sp³-hybridized carbons (Fsp3) is 0.667. The van der Waals surface area contributed by atoms with E-state index in [0.29, 0.717) is 5.92 Å². The van der Waals surface area contributed by atoms with Crippen LogP contribution in [0.5, 0.6) is 0 Å². The highest BCUT2D eigenvalue weighted by atomic mass is 19.1. The van der Waals surface area contributed by atoms with Crippen LogP contribution in [0, 0.1) is 0 Å². The van der Waals surface area contributed by atoms with Crippen molar-refractivity contribution < 1.29 is 13.7 Å². The van der Waals surface area contributed by atoms with Crippen LogP contribution < -0.4 is 0 Å². The average Bonchev–Trinajstić information content (AvgIpc) is 2.79. The number of hydrogen-bond acceptors (Lipinski definition) is 3. The van der Waals surface area contributed by atoms with E-state index in [0.717, 1.165) is 18.4 Å². The zero-order chi connectivity index (χ0) is 15.4. The molecule has 114 valence electrons. The van der Waals surface area contributed by atoms with Crippen LogP contribution in [-0.2, 0) is 16.4 Å². The van der Waals surface area contributed by atoms with E-state index in [9.17, 15) is 4.39 Å². The third-order valence-corrected chi connectivity index (χ3v) is 4.98. The fourth-order valence-corrected chi connectivity index (χ4v) is 2.73. The topological polar surface area (TPSA) is 36.3 Å². The first kappa shape index (κ1) is 14.8. The second-order valence-corrected chi connectivity index (χ2v) is 7.09. The van der Waals surface area contributed by atoms with E-state index >= 15 is 0 Å². The van der Waals surface area contributed by atoms with Crippen LogP contribution in [0.4, 0.5) is 4.39 Å². The number of halogens is 1. The van der Waals surface area contributed by atoms with Gasteiger partial charge in [-0.2, -0.15) is 5.10 Å². The van der Waals surface area contributed by atoms with Gasteiger partial charge in [0.15, 0.2) is 0 Å². The average molecular weight is 292 g/mol. The van der Waals surface area contributed by atoms with Gasteiger partial charge in [-0.15, -0.1) is 0 Å². The summed E-state index contributed by atoms with van der Waals surface area (Å²) in [6, 6.07) is 0. The van der Waals surface area contributed by atoms with E-state index in [4.69, 9.17) is 9.31 Å². The van der Waals surface area contributed by atoms with Gasteiger partial charge < -0.3 is 9.31 Å². The smallest absolute Gasteiger partial charge is 0.398 e. The van der Waals surface area contributed by atoms with Crippen LogP contribution in [0.3, 0.4) is 0 Å². The van der Waals surface area contributed by atoms with Gasteiger partial charge in [-0.05, 0) is 57.6 Å². The molecule has 1 saturated heterocycles. The summed E-state index contributed by atoms with van der Waals surface area (Å²) < 4.78 is 27.8. The lowest BCUT2D eigenvalue weighted by Gasteiger charge is -2.32. The van der Waals surface area contributed by atoms with Gasteiger partial charge in [-0.3, -0.25) is 4.68 Å². The fourth-order valence-electron chi connectivity index (χ4n) is 2.73. The lowest BCUT2D eigenvalue weighted by atomic mass is 9.70. The van der Waals surface area contributed by atoms with Gasteiger partial charge in [-0.25, -0.2) is 4.39 Å². The maximum atomic E-state index is 14.5. The van der Waals surface area contributed by atoms with Gasteiger partial charge in [0.05, 0.1) is 17.4 Å². The molecular formula is C15H22BFN2O2. The Morgan fingerprint density at radius 3 is 2.33 bits per heavy atom. The summed E-state index contributed by atoms with van der Waals surface area (Å²) in [7, 11) is 1.03. The van der Waals surface area contributed by atoms with Gasteiger partial charge in [0, 0.05) is 13.2 Å². The number of rotatable bonds is 2. The zero-order valence-electron chi connectivity index (χ0n) is 13.3. The van der Waals surface area contributed by atoms with Gasteiger partial charge in [0.1, 0.15) is 5.73 Å².